The molecule has 1 aromatic rings. The van der Waals surface area contributed by atoms with E-state index in [-0.39, 0.29) is 6.61 Å². The van der Waals surface area contributed by atoms with Crippen molar-refractivity contribution in [1.29, 1.82) is 0 Å². The molecule has 170 valence electrons. The van der Waals surface area contributed by atoms with Crippen LogP contribution in [0.2, 0.25) is 0 Å². The largest absolute Gasteiger partial charge is 0.494 e. The van der Waals surface area contributed by atoms with Crippen LogP contribution in [0.4, 0.5) is 4.79 Å². The summed E-state index contributed by atoms with van der Waals surface area (Å²) in [4.78, 5) is 21.8. The first-order valence-electron chi connectivity index (χ1n) is 10.7. The third-order valence-corrected chi connectivity index (χ3v) is 3.99. The summed E-state index contributed by atoms with van der Waals surface area (Å²) in [5.74, 6) is 0.850. The average Bonchev–Trinajstić information content (AvgIpc) is 2.68. The van der Waals surface area contributed by atoms with Gasteiger partial charge in [0.1, 0.15) is 24.2 Å². The molecule has 0 unspecified atom stereocenters. The lowest BCUT2D eigenvalue weighted by Crippen LogP contribution is -2.33. The van der Waals surface area contributed by atoms with Crippen molar-refractivity contribution in [3.05, 3.63) is 29.8 Å². The Balaban J connectivity index is 2.07. The van der Waals surface area contributed by atoms with Crippen molar-refractivity contribution in [1.82, 2.24) is 5.32 Å². The molecule has 0 aliphatic rings. The van der Waals surface area contributed by atoms with Crippen LogP contribution in [0.15, 0.2) is 24.3 Å². The zero-order valence-corrected chi connectivity index (χ0v) is 18.6. The van der Waals surface area contributed by atoms with E-state index in [0.29, 0.717) is 33.0 Å². The Hall–Kier alpha value is -2.12. The number of hydrogen-bond acceptors (Lipinski definition) is 6. The Kier molecular flexibility index (Phi) is 13.5. The minimum atomic E-state index is -0.489. The molecular formula is C23H37NO6. The van der Waals surface area contributed by atoms with Gasteiger partial charge >= 0.3 is 6.09 Å². The predicted octanol–water partition coefficient (Wildman–Crippen LogP) is 3.93. The van der Waals surface area contributed by atoms with Gasteiger partial charge in [-0.15, -0.1) is 0 Å². The predicted molar refractivity (Wildman–Crippen MR) is 116 cm³/mol. The molecule has 0 saturated heterocycles. The average molecular weight is 424 g/mol. The Morgan fingerprint density at radius 1 is 1.00 bits per heavy atom. The number of ether oxygens (including phenoxy) is 4. The second-order valence-electron chi connectivity index (χ2n) is 7.94. The second kappa shape index (κ2) is 15.7. The van der Waals surface area contributed by atoms with Crippen molar-refractivity contribution < 1.29 is 28.5 Å². The summed E-state index contributed by atoms with van der Waals surface area (Å²) in [6.07, 6.45) is 5.24. The number of amides is 1. The molecule has 30 heavy (non-hydrogen) atoms. The van der Waals surface area contributed by atoms with Crippen molar-refractivity contribution in [2.45, 2.75) is 58.5 Å². The van der Waals surface area contributed by atoms with Gasteiger partial charge in [0.05, 0.1) is 19.8 Å². The Bertz CT molecular complexity index is 600. The molecule has 0 aliphatic carbocycles. The Morgan fingerprint density at radius 3 is 2.47 bits per heavy atom. The maximum absolute atomic E-state index is 11.7. The van der Waals surface area contributed by atoms with E-state index in [4.69, 9.17) is 18.9 Å². The molecule has 0 spiro atoms. The quantitative estimate of drug-likeness (QED) is 0.320. The van der Waals surface area contributed by atoms with E-state index in [1.165, 1.54) is 0 Å². The number of alkyl carbamates (subject to hydrolysis) is 1. The van der Waals surface area contributed by atoms with Gasteiger partial charge in [-0.25, -0.2) is 4.79 Å². The normalized spacial score (nSPS) is 11.2. The lowest BCUT2D eigenvalue weighted by Gasteiger charge is -2.19. The van der Waals surface area contributed by atoms with Crippen LogP contribution in [-0.4, -0.2) is 57.6 Å². The molecule has 0 heterocycles. The zero-order valence-electron chi connectivity index (χ0n) is 18.6. The fourth-order valence-electron chi connectivity index (χ4n) is 2.61. The van der Waals surface area contributed by atoms with E-state index in [1.807, 2.05) is 45.0 Å². The summed E-state index contributed by atoms with van der Waals surface area (Å²) in [5, 5.41) is 2.77. The minimum Gasteiger partial charge on any atom is -0.494 e. The SMILES string of the molecule is CC(C)(C)OC(=O)NCCc1cccc(OCCCCCCOCCOCC=O)c1. The number of benzene rings is 1. The molecule has 0 fully saturated rings. The molecule has 1 aromatic carbocycles. The first-order valence-corrected chi connectivity index (χ1v) is 10.7. The lowest BCUT2D eigenvalue weighted by molar-refractivity contribution is -0.112. The van der Waals surface area contributed by atoms with Crippen LogP contribution in [-0.2, 0) is 25.4 Å². The fourth-order valence-corrected chi connectivity index (χ4v) is 2.61. The molecule has 0 radical (unpaired) electrons. The van der Waals surface area contributed by atoms with Crippen molar-refractivity contribution in [2.75, 3.05) is 39.6 Å². The third kappa shape index (κ3) is 14.8. The number of hydrogen-bond donors (Lipinski definition) is 1. The number of aldehydes is 1. The highest BCUT2D eigenvalue weighted by atomic mass is 16.6. The van der Waals surface area contributed by atoms with Gasteiger partial charge in [0, 0.05) is 13.2 Å². The smallest absolute Gasteiger partial charge is 0.407 e. The minimum absolute atomic E-state index is 0.134. The fraction of sp³-hybridized carbons (Fsp3) is 0.652. The number of carbonyl (C=O) groups is 2. The molecule has 1 amide bonds. The number of nitrogens with one attached hydrogen (secondary N) is 1. The highest BCUT2D eigenvalue weighted by Gasteiger charge is 2.15. The molecule has 7 nitrogen and oxygen atoms in total. The molecule has 0 atom stereocenters. The van der Waals surface area contributed by atoms with Crippen molar-refractivity contribution in [3.63, 3.8) is 0 Å². The van der Waals surface area contributed by atoms with E-state index < -0.39 is 11.7 Å². The van der Waals surface area contributed by atoms with E-state index in [2.05, 4.69) is 5.32 Å². The molecule has 0 saturated carbocycles. The van der Waals surface area contributed by atoms with Gasteiger partial charge in [-0.05, 0) is 64.2 Å². The van der Waals surface area contributed by atoms with Gasteiger partial charge in [0.2, 0.25) is 0 Å². The summed E-state index contributed by atoms with van der Waals surface area (Å²) in [6, 6.07) is 7.95. The summed E-state index contributed by atoms with van der Waals surface area (Å²) in [7, 11) is 0. The van der Waals surface area contributed by atoms with Crippen molar-refractivity contribution >= 4 is 12.4 Å². The van der Waals surface area contributed by atoms with E-state index >= 15 is 0 Å². The first kappa shape index (κ1) is 25.9. The zero-order chi connectivity index (χ0) is 22.1. The van der Waals surface area contributed by atoms with Gasteiger partial charge in [0.25, 0.3) is 0 Å². The second-order valence-corrected chi connectivity index (χ2v) is 7.94. The number of rotatable bonds is 16. The van der Waals surface area contributed by atoms with Gasteiger partial charge in [0.15, 0.2) is 0 Å². The summed E-state index contributed by atoms with van der Waals surface area (Å²) >= 11 is 0. The van der Waals surface area contributed by atoms with Crippen LogP contribution >= 0.6 is 0 Å². The number of unbranched alkanes of at least 4 members (excludes halogenated alkanes) is 3. The van der Waals surface area contributed by atoms with E-state index in [0.717, 1.165) is 49.7 Å². The standard InChI is InChI=1S/C23H37NO6/c1-23(2,3)30-22(26)24-12-11-20-9-8-10-21(19-20)29-15-7-5-4-6-14-27-17-18-28-16-13-25/h8-10,13,19H,4-7,11-12,14-18H2,1-3H3,(H,24,26). The summed E-state index contributed by atoms with van der Waals surface area (Å²) < 4.78 is 21.5. The highest BCUT2D eigenvalue weighted by molar-refractivity contribution is 5.67. The summed E-state index contributed by atoms with van der Waals surface area (Å²) in [6.45, 7) is 8.57. The molecule has 0 aliphatic heterocycles. The van der Waals surface area contributed by atoms with E-state index in [9.17, 15) is 9.59 Å². The topological polar surface area (TPSA) is 83.1 Å². The maximum Gasteiger partial charge on any atom is 0.407 e. The van der Waals surface area contributed by atoms with Crippen LogP contribution in [0.3, 0.4) is 0 Å². The van der Waals surface area contributed by atoms with E-state index in [1.54, 1.807) is 0 Å². The van der Waals surface area contributed by atoms with Crippen LogP contribution in [0.25, 0.3) is 0 Å². The number of carbonyl (C=O) groups excluding carboxylic acids is 2. The maximum atomic E-state index is 11.7. The van der Waals surface area contributed by atoms with Crippen LogP contribution in [0.1, 0.15) is 52.0 Å². The van der Waals surface area contributed by atoms with Crippen LogP contribution in [0.5, 0.6) is 5.75 Å². The molecule has 1 rings (SSSR count). The third-order valence-electron chi connectivity index (χ3n) is 3.99. The molecule has 0 bridgehead atoms. The molecule has 1 N–H and O–H groups in total. The molecular weight excluding hydrogens is 386 g/mol. The lowest BCUT2D eigenvalue weighted by atomic mass is 10.1. The van der Waals surface area contributed by atoms with Gasteiger partial charge in [-0.1, -0.05) is 18.6 Å². The molecule has 0 aromatic heterocycles. The van der Waals surface area contributed by atoms with Crippen LogP contribution in [0, 0.1) is 0 Å². The van der Waals surface area contributed by atoms with Gasteiger partial charge in [-0.3, -0.25) is 0 Å². The molecule has 7 heteroatoms. The van der Waals surface area contributed by atoms with Crippen LogP contribution < -0.4 is 10.1 Å². The van der Waals surface area contributed by atoms with Gasteiger partial charge in [-0.2, -0.15) is 0 Å². The van der Waals surface area contributed by atoms with Crippen molar-refractivity contribution in [2.24, 2.45) is 0 Å². The highest BCUT2D eigenvalue weighted by Crippen LogP contribution is 2.14. The van der Waals surface area contributed by atoms with Crippen molar-refractivity contribution in [3.8, 4) is 5.75 Å². The summed E-state index contributed by atoms with van der Waals surface area (Å²) in [5.41, 5.74) is 0.621. The Labute approximate surface area is 180 Å². The monoisotopic (exact) mass is 423 g/mol. The first-order chi connectivity index (χ1) is 14.4. The Morgan fingerprint density at radius 2 is 1.73 bits per heavy atom. The van der Waals surface area contributed by atoms with Gasteiger partial charge < -0.3 is 29.1 Å².